The lowest BCUT2D eigenvalue weighted by Crippen LogP contribution is -2.33. The fourth-order valence-corrected chi connectivity index (χ4v) is 5.01. The Hall–Kier alpha value is -2.98. The van der Waals surface area contributed by atoms with Crippen LogP contribution in [0.15, 0.2) is 34.0 Å². The normalized spacial score (nSPS) is 13.3. The van der Waals surface area contributed by atoms with Gasteiger partial charge in [0.25, 0.3) is 5.56 Å². The molecule has 32 heavy (non-hydrogen) atoms. The molecule has 0 aliphatic carbocycles. The molecule has 0 radical (unpaired) electrons. The van der Waals surface area contributed by atoms with Gasteiger partial charge in [-0.2, -0.15) is 9.57 Å². The molecule has 0 saturated carbocycles. The molecule has 0 amide bonds. The minimum Gasteiger partial charge on any atom is -0.477 e. The Labute approximate surface area is 190 Å². The first-order valence-electron chi connectivity index (χ1n) is 9.58. The first-order chi connectivity index (χ1) is 15.0. The Morgan fingerprint density at radius 3 is 2.56 bits per heavy atom. The SMILES string of the molecule is CCn1c(=C(C#N)C(=O)O)sc(=CNc2cccc(S(=O)(=O)N(C)CCN(C)C)c2)c1=O. The molecule has 0 fully saturated rings. The maximum Gasteiger partial charge on any atom is 0.349 e. The number of aliphatic carboxylic acids is 1. The number of likely N-dealkylation sites (N-methyl/N-ethyl adjacent to an activating group) is 2. The highest BCUT2D eigenvalue weighted by atomic mass is 32.2. The van der Waals surface area contributed by atoms with Crippen molar-refractivity contribution in [3.05, 3.63) is 43.8 Å². The minimum atomic E-state index is -3.69. The van der Waals surface area contributed by atoms with Gasteiger partial charge in [-0.1, -0.05) is 6.07 Å². The summed E-state index contributed by atoms with van der Waals surface area (Å²) in [7, 11) is 1.53. The molecule has 0 spiro atoms. The van der Waals surface area contributed by atoms with Crippen molar-refractivity contribution in [2.75, 3.05) is 39.5 Å². The van der Waals surface area contributed by atoms with Crippen LogP contribution in [0.4, 0.5) is 5.69 Å². The van der Waals surface area contributed by atoms with Crippen molar-refractivity contribution >= 4 is 44.8 Å². The summed E-state index contributed by atoms with van der Waals surface area (Å²) >= 11 is 0.876. The highest BCUT2D eigenvalue weighted by molar-refractivity contribution is 7.89. The third-order valence-electron chi connectivity index (χ3n) is 4.54. The van der Waals surface area contributed by atoms with E-state index in [9.17, 15) is 23.1 Å². The number of aromatic nitrogens is 1. The number of nitriles is 1. The van der Waals surface area contributed by atoms with E-state index in [0.717, 1.165) is 11.3 Å². The second kappa shape index (κ2) is 10.6. The maximum atomic E-state index is 12.8. The van der Waals surface area contributed by atoms with Gasteiger partial charge in [0.2, 0.25) is 10.0 Å². The van der Waals surface area contributed by atoms with Crippen molar-refractivity contribution < 1.29 is 18.3 Å². The van der Waals surface area contributed by atoms with Crippen molar-refractivity contribution in [1.29, 1.82) is 5.26 Å². The van der Waals surface area contributed by atoms with Crippen LogP contribution in [0.2, 0.25) is 0 Å². The number of hydrogen-bond donors (Lipinski definition) is 2. The average Bonchev–Trinajstić information content (AvgIpc) is 3.05. The summed E-state index contributed by atoms with van der Waals surface area (Å²) in [5.74, 6) is -1.41. The average molecular weight is 480 g/mol. The smallest absolute Gasteiger partial charge is 0.349 e. The van der Waals surface area contributed by atoms with E-state index in [2.05, 4.69) is 5.32 Å². The predicted octanol–water partition coefficient (Wildman–Crippen LogP) is -0.279. The molecule has 1 heterocycles. The van der Waals surface area contributed by atoms with Gasteiger partial charge in [0.05, 0.1) is 4.90 Å². The number of nitrogens with one attached hydrogen (secondary N) is 1. The molecular weight excluding hydrogens is 454 g/mol. The predicted molar refractivity (Wildman–Crippen MR) is 123 cm³/mol. The van der Waals surface area contributed by atoms with Crippen LogP contribution in [0.3, 0.4) is 0 Å². The van der Waals surface area contributed by atoms with Crippen LogP contribution in [0.1, 0.15) is 6.92 Å². The van der Waals surface area contributed by atoms with Crippen LogP contribution < -0.4 is 20.1 Å². The Kier molecular flexibility index (Phi) is 8.34. The molecular formula is C20H25N5O5S2. The van der Waals surface area contributed by atoms with E-state index in [4.69, 9.17) is 5.26 Å². The summed E-state index contributed by atoms with van der Waals surface area (Å²) in [6.07, 6.45) is 1.38. The summed E-state index contributed by atoms with van der Waals surface area (Å²) in [6.45, 7) is 2.77. The fraction of sp³-hybridized carbons (Fsp3) is 0.350. The van der Waals surface area contributed by atoms with Gasteiger partial charge >= 0.3 is 5.97 Å². The highest BCUT2D eigenvalue weighted by Crippen LogP contribution is 2.18. The number of carboxylic acid groups (broad SMARTS) is 1. The standard InChI is InChI=1S/C20H25N5O5S2/c1-5-25-18(26)17(31-19(25)16(12-21)20(27)28)13-22-14-7-6-8-15(11-14)32(29,30)24(4)10-9-23(2)3/h6-8,11,13,22H,5,9-10H2,1-4H3,(H,27,28). The molecule has 2 N–H and O–H groups in total. The molecule has 0 saturated heterocycles. The van der Waals surface area contributed by atoms with Crippen molar-refractivity contribution in [2.24, 2.45) is 0 Å². The first kappa shape index (κ1) is 25.3. The van der Waals surface area contributed by atoms with Gasteiger partial charge in [0.1, 0.15) is 15.3 Å². The van der Waals surface area contributed by atoms with Crippen LogP contribution in [0.25, 0.3) is 11.8 Å². The first-order valence-corrected chi connectivity index (χ1v) is 11.8. The Bertz CT molecular complexity index is 1320. The summed E-state index contributed by atoms with van der Waals surface area (Å²) < 4.78 is 28.4. The number of hydrogen-bond acceptors (Lipinski definition) is 8. The molecule has 172 valence electrons. The van der Waals surface area contributed by atoms with E-state index in [1.165, 1.54) is 34.3 Å². The molecule has 0 aliphatic rings. The van der Waals surface area contributed by atoms with Crippen LogP contribution >= 0.6 is 11.3 Å². The van der Waals surface area contributed by atoms with Crippen LogP contribution in [-0.4, -0.2) is 67.5 Å². The van der Waals surface area contributed by atoms with E-state index in [1.807, 2.05) is 19.0 Å². The Morgan fingerprint density at radius 2 is 2.00 bits per heavy atom. The number of sulfonamides is 1. The minimum absolute atomic E-state index is 0.0550. The van der Waals surface area contributed by atoms with Gasteiger partial charge in [-0.05, 0) is 39.2 Å². The number of benzene rings is 1. The van der Waals surface area contributed by atoms with Gasteiger partial charge < -0.3 is 15.3 Å². The van der Waals surface area contributed by atoms with Crippen molar-refractivity contribution in [2.45, 2.75) is 18.4 Å². The molecule has 2 aromatic rings. The number of rotatable bonds is 9. The van der Waals surface area contributed by atoms with Crippen LogP contribution in [-0.2, 0) is 21.4 Å². The second-order valence-electron chi connectivity index (χ2n) is 7.06. The third kappa shape index (κ3) is 5.63. The number of thiazole rings is 1. The molecule has 1 aromatic carbocycles. The third-order valence-corrected chi connectivity index (χ3v) is 7.52. The molecule has 0 unspecified atom stereocenters. The molecule has 12 heteroatoms. The number of nitrogens with zero attached hydrogens (tertiary/aromatic N) is 4. The molecule has 1 aromatic heterocycles. The zero-order valence-electron chi connectivity index (χ0n) is 18.2. The Morgan fingerprint density at radius 1 is 1.31 bits per heavy atom. The summed E-state index contributed by atoms with van der Waals surface area (Å²) in [6, 6.07) is 7.79. The summed E-state index contributed by atoms with van der Waals surface area (Å²) in [5.41, 5.74) is -0.518. The van der Waals surface area contributed by atoms with Crippen LogP contribution in [0.5, 0.6) is 0 Å². The lowest BCUT2D eigenvalue weighted by Gasteiger charge is -2.19. The van der Waals surface area contributed by atoms with Gasteiger partial charge in [0, 0.05) is 38.6 Å². The van der Waals surface area contributed by atoms with Crippen LogP contribution in [0, 0.1) is 11.3 Å². The molecule has 0 atom stereocenters. The van der Waals surface area contributed by atoms with Crippen molar-refractivity contribution in [3.63, 3.8) is 0 Å². The van der Waals surface area contributed by atoms with Gasteiger partial charge in [-0.15, -0.1) is 11.3 Å². The molecule has 0 bridgehead atoms. The largest absolute Gasteiger partial charge is 0.477 e. The topological polar surface area (TPSA) is 136 Å². The van der Waals surface area contributed by atoms with E-state index in [0.29, 0.717) is 18.8 Å². The van der Waals surface area contributed by atoms with Crippen molar-refractivity contribution in [1.82, 2.24) is 13.8 Å². The fourth-order valence-electron chi connectivity index (χ4n) is 2.72. The molecule has 2 rings (SSSR count). The second-order valence-corrected chi connectivity index (χ2v) is 10.1. The molecule has 10 nitrogen and oxygen atoms in total. The number of carbonyl (C=O) groups is 1. The zero-order valence-corrected chi connectivity index (χ0v) is 19.8. The van der Waals surface area contributed by atoms with Crippen molar-refractivity contribution in [3.8, 4) is 6.07 Å². The van der Waals surface area contributed by atoms with Gasteiger partial charge in [-0.3, -0.25) is 9.36 Å². The van der Waals surface area contributed by atoms with E-state index >= 15 is 0 Å². The zero-order chi connectivity index (χ0) is 24.1. The lowest BCUT2D eigenvalue weighted by molar-refractivity contribution is -0.130. The summed E-state index contributed by atoms with van der Waals surface area (Å²) in [5, 5.41) is 21.2. The lowest BCUT2D eigenvalue weighted by atomic mass is 10.3. The summed E-state index contributed by atoms with van der Waals surface area (Å²) in [4.78, 5) is 25.9. The van der Waals surface area contributed by atoms with E-state index in [1.54, 1.807) is 25.1 Å². The number of carboxylic acids is 1. The van der Waals surface area contributed by atoms with E-state index < -0.39 is 27.1 Å². The monoisotopic (exact) mass is 479 g/mol. The number of anilines is 1. The van der Waals surface area contributed by atoms with Gasteiger partial charge in [-0.25, -0.2) is 13.2 Å². The maximum absolute atomic E-state index is 12.8. The Balaban J connectivity index is 2.43. The van der Waals surface area contributed by atoms with E-state index in [-0.39, 0.29) is 20.6 Å². The highest BCUT2D eigenvalue weighted by Gasteiger charge is 2.21. The van der Waals surface area contributed by atoms with Gasteiger partial charge in [0.15, 0.2) is 5.57 Å². The quantitative estimate of drug-likeness (QED) is 0.501. The molecule has 0 aliphatic heterocycles.